The van der Waals surface area contributed by atoms with Crippen LogP contribution in [0.25, 0.3) is 5.69 Å². The lowest BCUT2D eigenvalue weighted by molar-refractivity contribution is 0.340. The highest BCUT2D eigenvalue weighted by Gasteiger charge is 2.42. The zero-order chi connectivity index (χ0) is 26.1. The van der Waals surface area contributed by atoms with Crippen LogP contribution in [-0.4, -0.2) is 21.3 Å². The van der Waals surface area contributed by atoms with Gasteiger partial charge in [0.2, 0.25) is 0 Å². The summed E-state index contributed by atoms with van der Waals surface area (Å²) in [6.45, 7) is 11.5. The quantitative estimate of drug-likeness (QED) is 0.273. The van der Waals surface area contributed by atoms with Crippen molar-refractivity contribution in [2.24, 2.45) is 0 Å². The average molecular weight is 511 g/mol. The number of ether oxygens (including phenoxy) is 1. The van der Waals surface area contributed by atoms with E-state index < -0.39 is 0 Å². The van der Waals surface area contributed by atoms with Gasteiger partial charge in [-0.15, -0.1) is 0 Å². The number of para-hydroxylation sites is 1. The van der Waals surface area contributed by atoms with E-state index in [-0.39, 0.29) is 12.1 Å². The summed E-state index contributed by atoms with van der Waals surface area (Å²) in [4.78, 5) is 6.95. The van der Waals surface area contributed by atoms with E-state index in [4.69, 9.17) is 21.9 Å². The van der Waals surface area contributed by atoms with Crippen molar-refractivity contribution in [3.05, 3.63) is 107 Å². The number of hydrogen-bond acceptors (Lipinski definition) is 3. The number of aryl methyl sites for hydroxylation is 3. The van der Waals surface area contributed by atoms with Gasteiger partial charge >= 0.3 is 0 Å². The zero-order valence-electron chi connectivity index (χ0n) is 22.2. The van der Waals surface area contributed by atoms with E-state index in [1.165, 1.54) is 33.8 Å². The van der Waals surface area contributed by atoms with Crippen molar-refractivity contribution in [2.45, 2.75) is 53.1 Å². The highest BCUT2D eigenvalue weighted by atomic mass is 32.1. The number of hydrogen-bond donors (Lipinski definition) is 1. The molecule has 1 aliphatic rings. The predicted octanol–water partition coefficient (Wildman–Crippen LogP) is 6.94. The van der Waals surface area contributed by atoms with E-state index in [0.29, 0.717) is 11.7 Å². The largest absolute Gasteiger partial charge is 0.494 e. The van der Waals surface area contributed by atoms with Crippen LogP contribution in [0.5, 0.6) is 5.75 Å². The third-order valence-corrected chi connectivity index (χ3v) is 7.55. The van der Waals surface area contributed by atoms with Crippen LogP contribution in [0.1, 0.15) is 59.7 Å². The molecule has 2 aromatic heterocycles. The summed E-state index contributed by atoms with van der Waals surface area (Å²) in [5, 5.41) is 4.29. The highest BCUT2D eigenvalue weighted by Crippen LogP contribution is 2.44. The molecular weight excluding hydrogens is 476 g/mol. The summed E-state index contributed by atoms with van der Waals surface area (Å²) in [6.07, 6.45) is 2.83. The molecule has 5 rings (SSSR count). The molecule has 3 heterocycles. The van der Waals surface area contributed by atoms with Crippen molar-refractivity contribution >= 4 is 23.0 Å². The molecule has 37 heavy (non-hydrogen) atoms. The Morgan fingerprint density at radius 1 is 0.973 bits per heavy atom. The van der Waals surface area contributed by atoms with Gasteiger partial charge in [0, 0.05) is 23.3 Å². The molecule has 0 spiro atoms. The van der Waals surface area contributed by atoms with Crippen LogP contribution in [-0.2, 0) is 6.42 Å². The van der Waals surface area contributed by atoms with Crippen LogP contribution in [0.15, 0.2) is 72.9 Å². The molecule has 1 aliphatic heterocycles. The molecule has 1 saturated heterocycles. The van der Waals surface area contributed by atoms with E-state index in [2.05, 4.69) is 84.9 Å². The number of benzene rings is 2. The highest BCUT2D eigenvalue weighted by molar-refractivity contribution is 7.80. The lowest BCUT2D eigenvalue weighted by atomic mass is 9.96. The van der Waals surface area contributed by atoms with Crippen LogP contribution in [0.2, 0.25) is 0 Å². The minimum Gasteiger partial charge on any atom is -0.494 e. The number of pyridine rings is 1. The van der Waals surface area contributed by atoms with Crippen molar-refractivity contribution in [1.29, 1.82) is 0 Å². The Hall–Kier alpha value is -3.64. The summed E-state index contributed by atoms with van der Waals surface area (Å²) in [5.74, 6) is 0.854. The van der Waals surface area contributed by atoms with E-state index in [0.717, 1.165) is 23.6 Å². The molecule has 0 aliphatic carbocycles. The van der Waals surface area contributed by atoms with Gasteiger partial charge in [-0.3, -0.25) is 4.98 Å². The molecule has 0 amide bonds. The first-order valence-corrected chi connectivity index (χ1v) is 13.4. The molecule has 0 radical (unpaired) electrons. The van der Waals surface area contributed by atoms with Gasteiger partial charge < -0.3 is 19.5 Å². The molecule has 2 atom stereocenters. The normalized spacial score (nSPS) is 17.2. The number of thiocarbonyl (C=S) groups is 1. The number of nitrogens with zero attached hydrogens (tertiary/aromatic N) is 3. The second-order valence-electron chi connectivity index (χ2n) is 9.52. The summed E-state index contributed by atoms with van der Waals surface area (Å²) < 4.78 is 8.11. The monoisotopic (exact) mass is 510 g/mol. The van der Waals surface area contributed by atoms with Crippen molar-refractivity contribution in [1.82, 2.24) is 14.9 Å². The summed E-state index contributed by atoms with van der Waals surface area (Å²) in [5.41, 5.74) is 9.56. The molecule has 6 heteroatoms. The number of anilines is 1. The van der Waals surface area contributed by atoms with Crippen LogP contribution in [0, 0.1) is 20.8 Å². The molecule has 5 nitrogen and oxygen atoms in total. The lowest BCUT2D eigenvalue weighted by Gasteiger charge is -2.28. The summed E-state index contributed by atoms with van der Waals surface area (Å²) in [7, 11) is 0. The smallest absolute Gasteiger partial charge is 0.174 e. The van der Waals surface area contributed by atoms with E-state index in [1.807, 2.05) is 37.4 Å². The lowest BCUT2D eigenvalue weighted by Crippen LogP contribution is -2.29. The maximum Gasteiger partial charge on any atom is 0.174 e. The van der Waals surface area contributed by atoms with Crippen molar-refractivity contribution < 1.29 is 4.74 Å². The van der Waals surface area contributed by atoms with Crippen LogP contribution < -0.4 is 15.0 Å². The molecular formula is C31H34N4OS. The summed E-state index contributed by atoms with van der Waals surface area (Å²) >= 11 is 5.95. The first-order chi connectivity index (χ1) is 17.9. The van der Waals surface area contributed by atoms with Gasteiger partial charge in [0.05, 0.1) is 30.1 Å². The fourth-order valence-corrected chi connectivity index (χ4v) is 5.92. The Bertz CT molecular complexity index is 1410. The van der Waals surface area contributed by atoms with Gasteiger partial charge in [0.1, 0.15) is 5.75 Å². The number of aromatic nitrogens is 2. The Morgan fingerprint density at radius 3 is 2.43 bits per heavy atom. The molecule has 0 bridgehead atoms. The van der Waals surface area contributed by atoms with E-state index >= 15 is 0 Å². The van der Waals surface area contributed by atoms with Gasteiger partial charge in [0.25, 0.3) is 0 Å². The zero-order valence-corrected chi connectivity index (χ0v) is 23.0. The van der Waals surface area contributed by atoms with E-state index in [9.17, 15) is 0 Å². The van der Waals surface area contributed by atoms with Crippen molar-refractivity contribution in [2.75, 3.05) is 11.5 Å². The van der Waals surface area contributed by atoms with Crippen molar-refractivity contribution in [3.63, 3.8) is 0 Å². The average Bonchev–Trinajstić information content (AvgIpc) is 3.40. The molecule has 0 saturated carbocycles. The molecule has 1 fully saturated rings. The molecule has 4 aromatic rings. The van der Waals surface area contributed by atoms with E-state index in [1.54, 1.807) is 0 Å². The van der Waals surface area contributed by atoms with Gasteiger partial charge in [-0.25, -0.2) is 0 Å². The summed E-state index contributed by atoms with van der Waals surface area (Å²) in [6, 6.07) is 23.0. The van der Waals surface area contributed by atoms with Gasteiger partial charge in [0.15, 0.2) is 5.11 Å². The second-order valence-corrected chi connectivity index (χ2v) is 9.91. The Morgan fingerprint density at radius 2 is 1.76 bits per heavy atom. The topological polar surface area (TPSA) is 42.3 Å². The van der Waals surface area contributed by atoms with Crippen LogP contribution in [0.4, 0.5) is 5.69 Å². The van der Waals surface area contributed by atoms with Gasteiger partial charge in [-0.2, -0.15) is 0 Å². The molecule has 190 valence electrons. The Balaban J connectivity index is 1.67. The van der Waals surface area contributed by atoms with Gasteiger partial charge in [-0.05, 0) is 105 Å². The van der Waals surface area contributed by atoms with Crippen LogP contribution in [0.3, 0.4) is 0 Å². The fraction of sp³-hybridized carbons (Fsp3) is 0.290. The SMILES string of the molecule is CCOc1ccc(N2C(=S)N[C@H](c3ccccn3)[C@H]2c2cc(C)n(-c3c(C)cccc3CC)c2C)cc1. The van der Waals surface area contributed by atoms with Crippen LogP contribution >= 0.6 is 12.2 Å². The third-order valence-electron chi connectivity index (χ3n) is 7.24. The maximum absolute atomic E-state index is 5.95. The maximum atomic E-state index is 5.95. The Kier molecular flexibility index (Phi) is 7.02. The van der Waals surface area contributed by atoms with Gasteiger partial charge in [-0.1, -0.05) is 31.2 Å². The first kappa shape index (κ1) is 25.0. The molecule has 2 aromatic carbocycles. The molecule has 0 unspecified atom stereocenters. The minimum atomic E-state index is -0.0864. The first-order valence-electron chi connectivity index (χ1n) is 13.0. The number of nitrogens with one attached hydrogen (secondary N) is 1. The standard InChI is InChI=1S/C31H34N4OS/c1-6-23-12-10-11-20(3)29(23)34-21(4)19-26(22(34)5)30-28(27-13-8-9-18-32-27)33-31(37)35(30)24-14-16-25(17-15-24)36-7-2/h8-19,28,30H,6-7H2,1-5H3,(H,33,37)/t28-,30-/m1/s1. The predicted molar refractivity (Wildman–Crippen MR) is 155 cm³/mol. The Labute approximate surface area is 225 Å². The number of rotatable bonds is 7. The third kappa shape index (κ3) is 4.51. The molecule has 1 N–H and O–H groups in total. The second kappa shape index (κ2) is 10.4. The fourth-order valence-electron chi connectivity index (χ4n) is 5.57. The minimum absolute atomic E-state index is 0.0608. The van der Waals surface area contributed by atoms with Crippen molar-refractivity contribution in [3.8, 4) is 11.4 Å².